The van der Waals surface area contributed by atoms with Crippen molar-refractivity contribution in [2.24, 2.45) is 0 Å². The fraction of sp³-hybridized carbons (Fsp3) is 0.273. The van der Waals surface area contributed by atoms with Gasteiger partial charge >= 0.3 is 5.97 Å². The van der Waals surface area contributed by atoms with Crippen molar-refractivity contribution in [3.8, 4) is 0 Å². The number of halogens is 1. The van der Waals surface area contributed by atoms with Crippen LogP contribution in [0.2, 0.25) is 0 Å². The summed E-state index contributed by atoms with van der Waals surface area (Å²) >= 11 is 2.65. The second-order valence-electron chi connectivity index (χ2n) is 2.95. The average molecular weight is 304 g/mol. The molecule has 0 atom stereocenters. The van der Waals surface area contributed by atoms with Crippen LogP contribution >= 0.6 is 16.3 Å². The predicted molar refractivity (Wildman–Crippen MR) is 68.4 cm³/mol. The van der Waals surface area contributed by atoms with E-state index >= 15 is 0 Å². The Labute approximate surface area is 108 Å². The maximum atomic E-state index is 10.6. The summed E-state index contributed by atoms with van der Waals surface area (Å²) in [5.41, 5.74) is 1.71. The first kappa shape index (κ1) is 15.6. The number of nitrogens with one attached hydrogen (secondary N) is 1. The molecule has 0 spiro atoms. The van der Waals surface area contributed by atoms with Crippen molar-refractivity contribution in [1.29, 1.82) is 0 Å². The Hall–Kier alpha value is -1.40. The van der Waals surface area contributed by atoms with E-state index in [-0.39, 0.29) is 5.56 Å². The number of carboxylic acids is 1. The van der Waals surface area contributed by atoms with Gasteiger partial charge in [-0.05, 0) is 30.2 Å². The summed E-state index contributed by atoms with van der Waals surface area (Å²) in [6.07, 6.45) is 1.26. The van der Waals surface area contributed by atoms with Crippen molar-refractivity contribution in [2.45, 2.75) is 13.3 Å². The van der Waals surface area contributed by atoms with Crippen molar-refractivity contribution < 1.29 is 18.5 Å². The molecule has 0 aliphatic heterocycles. The molecule has 0 saturated carbocycles. The highest BCUT2D eigenvalue weighted by Gasteiger charge is 2.06. The number of hydrogen-bond acceptors (Lipinski definition) is 3. The fourth-order valence-electron chi connectivity index (χ4n) is 1.22. The van der Waals surface area contributed by atoms with Crippen molar-refractivity contribution in [3.63, 3.8) is 0 Å². The Balaban J connectivity index is 0.000000770. The number of carbonyl (C=O) groups excluding carboxylic acids is 1. The van der Waals surface area contributed by atoms with Crippen LogP contribution < -0.4 is 5.32 Å². The summed E-state index contributed by atoms with van der Waals surface area (Å²) in [7, 11) is 1.54. The summed E-state index contributed by atoms with van der Waals surface area (Å²) in [6.45, 7) is 1.90. The van der Waals surface area contributed by atoms with Crippen LogP contribution in [0, 0.1) is 0 Å². The minimum atomic E-state index is -0.961. The van der Waals surface area contributed by atoms with Gasteiger partial charge in [0.1, 0.15) is 0 Å². The van der Waals surface area contributed by atoms with E-state index in [1.807, 2.05) is 6.92 Å². The number of rotatable bonds is 4. The smallest absolute Gasteiger partial charge is 0.335 e. The molecule has 2 N–H and O–H groups in total. The average Bonchev–Trinajstić information content (AvgIpc) is 2.30. The van der Waals surface area contributed by atoms with E-state index in [1.165, 1.54) is 6.07 Å². The van der Waals surface area contributed by atoms with E-state index in [0.717, 1.165) is 5.56 Å². The van der Waals surface area contributed by atoms with Crippen molar-refractivity contribution in [1.82, 2.24) is 0 Å². The number of aryl methyl sites for hydroxylation is 1. The first-order chi connectivity index (χ1) is 8.10. The number of hydrogen-bond donors (Lipinski definition) is 2. The van der Waals surface area contributed by atoms with E-state index in [9.17, 15) is 9.59 Å². The SMILES string of the molecule is CCc1cc(C(=O)O)ccc1NC=O.COBr. The first-order valence-electron chi connectivity index (χ1n) is 4.81. The molecule has 17 heavy (non-hydrogen) atoms. The van der Waals surface area contributed by atoms with Gasteiger partial charge in [-0.15, -0.1) is 0 Å². The lowest BCUT2D eigenvalue weighted by molar-refractivity contribution is -0.105. The van der Waals surface area contributed by atoms with Gasteiger partial charge in [-0.3, -0.25) is 4.79 Å². The Morgan fingerprint density at radius 2 is 2.18 bits per heavy atom. The van der Waals surface area contributed by atoms with Crippen LogP contribution in [0.4, 0.5) is 5.69 Å². The molecule has 1 aromatic carbocycles. The molecule has 1 amide bonds. The molecule has 1 rings (SSSR count). The Morgan fingerprint density at radius 1 is 1.59 bits per heavy atom. The Morgan fingerprint density at radius 3 is 2.59 bits per heavy atom. The van der Waals surface area contributed by atoms with Gasteiger partial charge in [0.25, 0.3) is 0 Å². The summed E-state index contributed by atoms with van der Waals surface area (Å²) in [4.78, 5) is 20.9. The van der Waals surface area contributed by atoms with Gasteiger partial charge in [0.05, 0.1) is 28.9 Å². The van der Waals surface area contributed by atoms with Gasteiger partial charge < -0.3 is 14.3 Å². The summed E-state index contributed by atoms with van der Waals surface area (Å²) in [6, 6.07) is 4.62. The molecular weight excluding hydrogens is 290 g/mol. The predicted octanol–water partition coefficient (Wildman–Crippen LogP) is 2.46. The summed E-state index contributed by atoms with van der Waals surface area (Å²) in [5, 5.41) is 11.3. The maximum Gasteiger partial charge on any atom is 0.335 e. The molecular formula is C11H14BrNO4. The second kappa shape index (κ2) is 8.72. The summed E-state index contributed by atoms with van der Waals surface area (Å²) in [5.74, 6) is -0.961. The van der Waals surface area contributed by atoms with Gasteiger partial charge in [0.15, 0.2) is 0 Å². The highest BCUT2D eigenvalue weighted by Crippen LogP contribution is 2.17. The minimum absolute atomic E-state index is 0.235. The number of benzene rings is 1. The molecule has 94 valence electrons. The molecule has 1 aromatic rings. The molecule has 0 unspecified atom stereocenters. The maximum absolute atomic E-state index is 10.6. The van der Waals surface area contributed by atoms with Crippen molar-refractivity contribution in [3.05, 3.63) is 29.3 Å². The zero-order valence-electron chi connectivity index (χ0n) is 9.57. The third-order valence-corrected chi connectivity index (χ3v) is 1.95. The first-order valence-corrected chi connectivity index (χ1v) is 5.46. The number of anilines is 1. The van der Waals surface area contributed by atoms with Gasteiger partial charge in [0, 0.05) is 5.69 Å². The van der Waals surface area contributed by atoms with E-state index in [0.29, 0.717) is 18.5 Å². The van der Waals surface area contributed by atoms with E-state index in [2.05, 4.69) is 25.4 Å². The molecule has 0 heterocycles. The molecule has 5 nitrogen and oxygen atoms in total. The Kier molecular flexibility index (Phi) is 8.00. The number of aromatic carboxylic acids is 1. The second-order valence-corrected chi connectivity index (χ2v) is 3.59. The molecule has 0 saturated heterocycles. The third kappa shape index (κ3) is 5.46. The quantitative estimate of drug-likeness (QED) is 0.838. The number of carboxylic acid groups (broad SMARTS) is 1. The highest BCUT2D eigenvalue weighted by molar-refractivity contribution is 9.06. The van der Waals surface area contributed by atoms with Crippen LogP contribution in [0.1, 0.15) is 22.8 Å². The normalized spacial score (nSPS) is 8.88. The molecule has 0 aromatic heterocycles. The summed E-state index contributed by atoms with van der Waals surface area (Å²) < 4.78 is 4.06. The lowest BCUT2D eigenvalue weighted by Gasteiger charge is -2.06. The minimum Gasteiger partial charge on any atom is -0.478 e. The monoisotopic (exact) mass is 303 g/mol. The zero-order valence-corrected chi connectivity index (χ0v) is 11.2. The zero-order chi connectivity index (χ0) is 13.3. The highest BCUT2D eigenvalue weighted by atomic mass is 79.9. The number of amides is 1. The Bertz CT molecular complexity index is 382. The van der Waals surface area contributed by atoms with E-state index < -0.39 is 5.97 Å². The molecule has 6 heteroatoms. The van der Waals surface area contributed by atoms with Gasteiger partial charge in [0.2, 0.25) is 6.41 Å². The lowest BCUT2D eigenvalue weighted by atomic mass is 10.1. The van der Waals surface area contributed by atoms with Crippen molar-refractivity contribution in [2.75, 3.05) is 12.4 Å². The molecule has 0 bridgehead atoms. The van der Waals surface area contributed by atoms with Gasteiger partial charge in [-0.25, -0.2) is 4.79 Å². The van der Waals surface area contributed by atoms with Gasteiger partial charge in [-0.2, -0.15) is 0 Å². The van der Waals surface area contributed by atoms with E-state index in [4.69, 9.17) is 5.11 Å². The topological polar surface area (TPSA) is 75.6 Å². The standard InChI is InChI=1S/C10H11NO3.CH3BrO/c1-2-7-5-8(10(13)14)3-4-9(7)11-6-12;1-3-2/h3-6H,2H2,1H3,(H,11,12)(H,13,14);1H3. The van der Waals surface area contributed by atoms with E-state index in [1.54, 1.807) is 19.2 Å². The molecule has 0 aliphatic rings. The fourth-order valence-corrected chi connectivity index (χ4v) is 1.22. The molecule has 0 aliphatic carbocycles. The molecule has 0 fully saturated rings. The van der Waals surface area contributed by atoms with Crippen molar-refractivity contribution >= 4 is 34.3 Å². The van der Waals surface area contributed by atoms with Crippen LogP contribution in [0.3, 0.4) is 0 Å². The largest absolute Gasteiger partial charge is 0.478 e. The van der Waals surface area contributed by atoms with Crippen LogP contribution in [0.25, 0.3) is 0 Å². The lowest BCUT2D eigenvalue weighted by Crippen LogP contribution is -2.02. The van der Waals surface area contributed by atoms with Gasteiger partial charge in [-0.1, -0.05) is 6.92 Å². The van der Waals surface area contributed by atoms with Crippen LogP contribution in [0.15, 0.2) is 18.2 Å². The van der Waals surface area contributed by atoms with Crippen LogP contribution in [-0.2, 0) is 15.0 Å². The number of carbonyl (C=O) groups is 2. The van der Waals surface area contributed by atoms with Crippen LogP contribution in [-0.4, -0.2) is 24.6 Å². The third-order valence-electron chi connectivity index (χ3n) is 1.95. The van der Waals surface area contributed by atoms with Crippen LogP contribution in [0.5, 0.6) is 0 Å². The molecule has 0 radical (unpaired) electrons.